The first-order valence-corrected chi connectivity index (χ1v) is 5.63. The van der Waals surface area contributed by atoms with Gasteiger partial charge >= 0.3 is 0 Å². The first kappa shape index (κ1) is 10.2. The lowest BCUT2D eigenvalue weighted by molar-refractivity contribution is 0.737. The zero-order valence-electron chi connectivity index (χ0n) is 9.51. The van der Waals surface area contributed by atoms with Gasteiger partial charge in [-0.25, -0.2) is 0 Å². The van der Waals surface area contributed by atoms with Crippen LogP contribution in [0.4, 0.5) is 5.69 Å². The smallest absolute Gasteiger partial charge is 0.101 e. The summed E-state index contributed by atoms with van der Waals surface area (Å²) in [6.45, 7) is 5.23. The minimum atomic E-state index is 0.979. The lowest BCUT2D eigenvalue weighted by Gasteiger charge is -2.15. The van der Waals surface area contributed by atoms with Gasteiger partial charge in [0.25, 0.3) is 0 Å². The summed E-state index contributed by atoms with van der Waals surface area (Å²) in [5.74, 6) is 1.15. The van der Waals surface area contributed by atoms with E-state index in [0.29, 0.717) is 0 Å². The Morgan fingerprint density at radius 1 is 1.20 bits per heavy atom. The van der Waals surface area contributed by atoms with E-state index in [-0.39, 0.29) is 0 Å². The van der Waals surface area contributed by atoms with Gasteiger partial charge in [0, 0.05) is 18.7 Å². The van der Waals surface area contributed by atoms with Gasteiger partial charge in [0.15, 0.2) is 0 Å². The van der Waals surface area contributed by atoms with E-state index < -0.39 is 0 Å². The zero-order chi connectivity index (χ0) is 10.7. The third-order valence-electron chi connectivity index (χ3n) is 2.80. The van der Waals surface area contributed by atoms with Gasteiger partial charge in [0.05, 0.1) is 0 Å². The average molecular weight is 202 g/mol. The summed E-state index contributed by atoms with van der Waals surface area (Å²) in [6, 6.07) is 6.48. The quantitative estimate of drug-likeness (QED) is 0.742. The summed E-state index contributed by atoms with van der Waals surface area (Å²) in [7, 11) is 0. The van der Waals surface area contributed by atoms with Crippen LogP contribution in [0.3, 0.4) is 0 Å². The fraction of sp³-hybridized carbons (Fsp3) is 0.462. The fourth-order valence-corrected chi connectivity index (χ4v) is 1.83. The molecule has 0 amide bonds. The molecule has 2 rings (SSSR count). The maximum absolute atomic E-state index is 4.50. The molecule has 1 aliphatic heterocycles. The van der Waals surface area contributed by atoms with E-state index in [1.165, 1.54) is 29.7 Å². The molecule has 1 aromatic rings. The Hall–Kier alpha value is -1.31. The zero-order valence-corrected chi connectivity index (χ0v) is 9.51. The van der Waals surface area contributed by atoms with Crippen molar-refractivity contribution in [2.24, 2.45) is 4.99 Å². The van der Waals surface area contributed by atoms with Crippen LogP contribution in [0.1, 0.15) is 30.4 Å². The average Bonchev–Trinajstić information content (AvgIpc) is 2.25. The van der Waals surface area contributed by atoms with Crippen LogP contribution < -0.4 is 5.32 Å². The lowest BCUT2D eigenvalue weighted by Crippen LogP contribution is -2.16. The predicted molar refractivity (Wildman–Crippen MR) is 65.7 cm³/mol. The van der Waals surface area contributed by atoms with E-state index >= 15 is 0 Å². The molecule has 80 valence electrons. The van der Waals surface area contributed by atoms with Gasteiger partial charge in [-0.1, -0.05) is 12.1 Å². The molecule has 0 atom stereocenters. The van der Waals surface area contributed by atoms with Crippen molar-refractivity contribution in [3.05, 3.63) is 29.3 Å². The van der Waals surface area contributed by atoms with Crippen LogP contribution >= 0.6 is 0 Å². The summed E-state index contributed by atoms with van der Waals surface area (Å²) in [6.07, 6.45) is 3.59. The molecular weight excluding hydrogens is 184 g/mol. The highest BCUT2D eigenvalue weighted by atomic mass is 15.0. The molecule has 0 aliphatic carbocycles. The molecule has 0 radical (unpaired) electrons. The van der Waals surface area contributed by atoms with E-state index in [0.717, 1.165) is 18.8 Å². The Labute approximate surface area is 91.4 Å². The van der Waals surface area contributed by atoms with Crippen molar-refractivity contribution in [3.63, 3.8) is 0 Å². The van der Waals surface area contributed by atoms with E-state index in [4.69, 9.17) is 0 Å². The molecule has 2 heteroatoms. The van der Waals surface area contributed by atoms with Crippen molar-refractivity contribution in [1.29, 1.82) is 0 Å². The molecule has 0 fully saturated rings. The van der Waals surface area contributed by atoms with Crippen LogP contribution in [-0.2, 0) is 0 Å². The highest BCUT2D eigenvalue weighted by Gasteiger charge is 2.06. The molecule has 2 nitrogen and oxygen atoms in total. The number of aliphatic imine (C=N–C) groups is 1. The second-order valence-corrected chi connectivity index (χ2v) is 4.23. The number of hydrogen-bond donors (Lipinski definition) is 1. The standard InChI is InChI=1S/C13H18N2/c1-10-6-7-11(2)12(9-10)15-13-5-3-4-8-14-13/h6-7,9H,3-5,8H2,1-2H3,(H,14,15). The normalized spacial score (nSPS) is 16.0. The summed E-state index contributed by atoms with van der Waals surface area (Å²) in [4.78, 5) is 4.50. The van der Waals surface area contributed by atoms with E-state index in [1.807, 2.05) is 0 Å². The molecule has 0 saturated heterocycles. The predicted octanol–water partition coefficient (Wildman–Crippen LogP) is 3.30. The van der Waals surface area contributed by atoms with Crippen LogP contribution in [0.15, 0.2) is 23.2 Å². The molecule has 0 spiro atoms. The number of rotatable bonds is 1. The van der Waals surface area contributed by atoms with Crippen molar-refractivity contribution < 1.29 is 0 Å². The Kier molecular flexibility index (Phi) is 3.05. The van der Waals surface area contributed by atoms with Crippen molar-refractivity contribution in [1.82, 2.24) is 0 Å². The molecule has 1 aliphatic rings. The molecule has 15 heavy (non-hydrogen) atoms. The van der Waals surface area contributed by atoms with Crippen LogP contribution in [0, 0.1) is 13.8 Å². The molecule has 1 aromatic carbocycles. The summed E-state index contributed by atoms with van der Waals surface area (Å²) >= 11 is 0. The second kappa shape index (κ2) is 4.47. The van der Waals surface area contributed by atoms with Crippen LogP contribution in [-0.4, -0.2) is 12.4 Å². The Morgan fingerprint density at radius 3 is 2.80 bits per heavy atom. The van der Waals surface area contributed by atoms with Gasteiger partial charge < -0.3 is 5.32 Å². The summed E-state index contributed by atoms with van der Waals surface area (Å²) in [5, 5.41) is 3.44. The lowest BCUT2D eigenvalue weighted by atomic mass is 10.1. The number of benzene rings is 1. The Balaban J connectivity index is 2.15. The van der Waals surface area contributed by atoms with E-state index in [2.05, 4.69) is 42.4 Å². The van der Waals surface area contributed by atoms with Crippen molar-refractivity contribution in [2.75, 3.05) is 11.9 Å². The highest BCUT2D eigenvalue weighted by molar-refractivity contribution is 5.96. The first-order chi connectivity index (χ1) is 7.25. The van der Waals surface area contributed by atoms with Crippen molar-refractivity contribution in [2.45, 2.75) is 33.1 Å². The third-order valence-corrected chi connectivity index (χ3v) is 2.80. The van der Waals surface area contributed by atoms with Gasteiger partial charge in [-0.2, -0.15) is 0 Å². The number of anilines is 1. The van der Waals surface area contributed by atoms with E-state index in [1.54, 1.807) is 0 Å². The molecule has 0 bridgehead atoms. The van der Waals surface area contributed by atoms with E-state index in [9.17, 15) is 0 Å². The van der Waals surface area contributed by atoms with Gasteiger partial charge in [0.2, 0.25) is 0 Å². The summed E-state index contributed by atoms with van der Waals surface area (Å²) < 4.78 is 0. The number of hydrogen-bond acceptors (Lipinski definition) is 2. The number of nitrogens with zero attached hydrogens (tertiary/aromatic N) is 1. The molecule has 1 heterocycles. The maximum Gasteiger partial charge on any atom is 0.101 e. The number of nitrogens with one attached hydrogen (secondary N) is 1. The third kappa shape index (κ3) is 2.58. The fourth-order valence-electron chi connectivity index (χ4n) is 1.83. The first-order valence-electron chi connectivity index (χ1n) is 5.63. The minimum absolute atomic E-state index is 0.979. The number of amidine groups is 1. The van der Waals surface area contributed by atoms with Gasteiger partial charge in [0.1, 0.15) is 5.84 Å². The second-order valence-electron chi connectivity index (χ2n) is 4.23. The minimum Gasteiger partial charge on any atom is -0.344 e. The van der Waals surface area contributed by atoms with Crippen LogP contribution in [0.25, 0.3) is 0 Å². The topological polar surface area (TPSA) is 24.4 Å². The molecule has 1 N–H and O–H groups in total. The van der Waals surface area contributed by atoms with Gasteiger partial charge in [-0.05, 0) is 43.9 Å². The SMILES string of the molecule is Cc1ccc(C)c(NC2=NCCCC2)c1. The van der Waals surface area contributed by atoms with Crippen LogP contribution in [0.2, 0.25) is 0 Å². The van der Waals surface area contributed by atoms with Gasteiger partial charge in [-0.15, -0.1) is 0 Å². The molecule has 0 saturated carbocycles. The summed E-state index contributed by atoms with van der Waals surface area (Å²) in [5.41, 5.74) is 3.78. The number of aryl methyl sites for hydroxylation is 2. The monoisotopic (exact) mass is 202 g/mol. The van der Waals surface area contributed by atoms with Crippen molar-refractivity contribution in [3.8, 4) is 0 Å². The van der Waals surface area contributed by atoms with Gasteiger partial charge in [-0.3, -0.25) is 4.99 Å². The largest absolute Gasteiger partial charge is 0.344 e. The highest BCUT2D eigenvalue weighted by Crippen LogP contribution is 2.18. The molecule has 0 aromatic heterocycles. The Bertz CT molecular complexity index is 380. The van der Waals surface area contributed by atoms with Crippen molar-refractivity contribution >= 4 is 11.5 Å². The maximum atomic E-state index is 4.50. The van der Waals surface area contributed by atoms with Crippen LogP contribution in [0.5, 0.6) is 0 Å². The Morgan fingerprint density at radius 2 is 2.07 bits per heavy atom. The molecular formula is C13H18N2. The molecule has 0 unspecified atom stereocenters.